The lowest BCUT2D eigenvalue weighted by Crippen LogP contribution is -2.14. The maximum Gasteiger partial charge on any atom is 0.264 e. The average molecular weight is 231 g/mol. The van der Waals surface area contributed by atoms with Gasteiger partial charge in [-0.1, -0.05) is 0 Å². The molecule has 6 nitrogen and oxygen atoms in total. The lowest BCUT2D eigenvalue weighted by atomic mass is 10.2. The van der Waals surface area contributed by atoms with Gasteiger partial charge in [-0.15, -0.1) is 20.4 Å². The van der Waals surface area contributed by atoms with Crippen molar-refractivity contribution in [3.05, 3.63) is 24.3 Å². The molecule has 0 amide bonds. The van der Waals surface area contributed by atoms with Crippen LogP contribution in [0.5, 0.6) is 5.75 Å². The Labute approximate surface area is 99.3 Å². The first-order chi connectivity index (χ1) is 8.20. The van der Waals surface area contributed by atoms with Crippen LogP contribution >= 0.6 is 0 Å². The van der Waals surface area contributed by atoms with Crippen molar-refractivity contribution >= 4 is 5.95 Å². The summed E-state index contributed by atoms with van der Waals surface area (Å²) in [6.07, 6.45) is 0. The van der Waals surface area contributed by atoms with Crippen molar-refractivity contribution in [2.45, 2.75) is 0 Å². The fraction of sp³-hybridized carbons (Fsp3) is 0.273. The number of methoxy groups -OCH3 is 1. The molecule has 88 valence electrons. The van der Waals surface area contributed by atoms with E-state index in [0.717, 1.165) is 11.3 Å². The van der Waals surface area contributed by atoms with Gasteiger partial charge < -0.3 is 9.64 Å². The van der Waals surface area contributed by atoms with Crippen LogP contribution < -0.4 is 9.64 Å². The highest BCUT2D eigenvalue weighted by atomic mass is 16.5. The Morgan fingerprint density at radius 2 is 1.53 bits per heavy atom. The molecule has 0 bridgehead atoms. The maximum atomic E-state index is 5.08. The number of ether oxygens (including phenoxy) is 1. The Morgan fingerprint density at radius 1 is 0.941 bits per heavy atom. The van der Waals surface area contributed by atoms with E-state index in [2.05, 4.69) is 20.4 Å². The minimum absolute atomic E-state index is 0.488. The molecule has 0 aliphatic carbocycles. The smallest absolute Gasteiger partial charge is 0.264 e. The first-order valence-corrected chi connectivity index (χ1v) is 5.10. The summed E-state index contributed by atoms with van der Waals surface area (Å²) >= 11 is 0. The van der Waals surface area contributed by atoms with Gasteiger partial charge in [0.05, 0.1) is 7.11 Å². The lowest BCUT2D eigenvalue weighted by Gasteiger charge is -2.07. The quantitative estimate of drug-likeness (QED) is 0.785. The van der Waals surface area contributed by atoms with Crippen LogP contribution in [0.2, 0.25) is 0 Å². The van der Waals surface area contributed by atoms with E-state index in [0.29, 0.717) is 11.8 Å². The molecule has 1 heterocycles. The number of benzene rings is 1. The summed E-state index contributed by atoms with van der Waals surface area (Å²) in [6, 6.07) is 7.43. The number of anilines is 1. The average Bonchev–Trinajstić information content (AvgIpc) is 2.39. The molecule has 17 heavy (non-hydrogen) atoms. The van der Waals surface area contributed by atoms with E-state index in [1.165, 1.54) is 0 Å². The molecular formula is C11H13N5O. The molecule has 0 spiro atoms. The van der Waals surface area contributed by atoms with Gasteiger partial charge in [-0.3, -0.25) is 0 Å². The highest BCUT2D eigenvalue weighted by molar-refractivity contribution is 5.55. The van der Waals surface area contributed by atoms with Crippen LogP contribution in [0, 0.1) is 0 Å². The molecule has 0 fully saturated rings. The Morgan fingerprint density at radius 3 is 2.00 bits per heavy atom. The molecular weight excluding hydrogens is 218 g/mol. The van der Waals surface area contributed by atoms with E-state index in [9.17, 15) is 0 Å². The third-order valence-electron chi connectivity index (χ3n) is 2.22. The van der Waals surface area contributed by atoms with Crippen LogP contribution in [0.1, 0.15) is 0 Å². The van der Waals surface area contributed by atoms with Gasteiger partial charge in [0.2, 0.25) is 5.82 Å². The Balaban J connectivity index is 2.26. The van der Waals surface area contributed by atoms with Gasteiger partial charge in [-0.2, -0.15) is 0 Å². The molecule has 0 aliphatic heterocycles. The Bertz CT molecular complexity index is 480. The molecule has 0 atom stereocenters. The second-order valence-electron chi connectivity index (χ2n) is 3.65. The Hall–Kier alpha value is -2.24. The normalized spacial score (nSPS) is 10.1. The summed E-state index contributed by atoms with van der Waals surface area (Å²) < 4.78 is 5.08. The molecule has 0 N–H and O–H groups in total. The predicted molar refractivity (Wildman–Crippen MR) is 63.9 cm³/mol. The van der Waals surface area contributed by atoms with Crippen molar-refractivity contribution in [3.63, 3.8) is 0 Å². The molecule has 0 unspecified atom stereocenters. The van der Waals surface area contributed by atoms with E-state index in [1.54, 1.807) is 12.0 Å². The minimum atomic E-state index is 0.488. The zero-order valence-corrected chi connectivity index (χ0v) is 9.95. The topological polar surface area (TPSA) is 64.0 Å². The molecule has 2 aromatic rings. The molecule has 6 heteroatoms. The van der Waals surface area contributed by atoms with Crippen molar-refractivity contribution < 1.29 is 4.74 Å². The summed E-state index contributed by atoms with van der Waals surface area (Å²) in [6.45, 7) is 0. The fourth-order valence-electron chi connectivity index (χ4n) is 1.26. The van der Waals surface area contributed by atoms with Crippen molar-refractivity contribution in [3.8, 4) is 17.1 Å². The van der Waals surface area contributed by atoms with Gasteiger partial charge in [-0.25, -0.2) is 0 Å². The Kier molecular flexibility index (Phi) is 3.13. The first-order valence-electron chi connectivity index (χ1n) is 5.10. The summed E-state index contributed by atoms with van der Waals surface area (Å²) in [5.74, 6) is 1.78. The molecule has 0 aliphatic rings. The van der Waals surface area contributed by atoms with E-state index < -0.39 is 0 Å². The zero-order valence-electron chi connectivity index (χ0n) is 9.95. The van der Waals surface area contributed by atoms with Gasteiger partial charge >= 0.3 is 0 Å². The summed E-state index contributed by atoms with van der Waals surface area (Å²) in [5.41, 5.74) is 0.858. The number of nitrogens with zero attached hydrogens (tertiary/aromatic N) is 5. The van der Waals surface area contributed by atoms with E-state index in [-0.39, 0.29) is 0 Å². The van der Waals surface area contributed by atoms with Crippen LogP contribution in [0.4, 0.5) is 5.95 Å². The van der Waals surface area contributed by atoms with Crippen LogP contribution in [-0.4, -0.2) is 41.6 Å². The minimum Gasteiger partial charge on any atom is -0.497 e. The molecule has 0 saturated carbocycles. The van der Waals surface area contributed by atoms with Gasteiger partial charge in [0.1, 0.15) is 5.75 Å². The number of hydrogen-bond donors (Lipinski definition) is 0. The second-order valence-corrected chi connectivity index (χ2v) is 3.65. The van der Waals surface area contributed by atoms with Crippen molar-refractivity contribution in [2.75, 3.05) is 26.1 Å². The van der Waals surface area contributed by atoms with Gasteiger partial charge in [-0.05, 0) is 24.3 Å². The third-order valence-corrected chi connectivity index (χ3v) is 2.22. The largest absolute Gasteiger partial charge is 0.497 e. The number of rotatable bonds is 3. The number of aromatic nitrogens is 4. The molecule has 0 radical (unpaired) electrons. The predicted octanol–water partition coefficient (Wildman–Crippen LogP) is 1.01. The van der Waals surface area contributed by atoms with E-state index in [4.69, 9.17) is 4.74 Å². The third kappa shape index (κ3) is 2.47. The molecule has 1 aromatic heterocycles. The highest BCUT2D eigenvalue weighted by Gasteiger charge is 2.05. The van der Waals surface area contributed by atoms with Crippen LogP contribution in [-0.2, 0) is 0 Å². The van der Waals surface area contributed by atoms with Crippen LogP contribution in [0.25, 0.3) is 11.4 Å². The monoisotopic (exact) mass is 231 g/mol. The molecule has 2 rings (SSSR count). The fourth-order valence-corrected chi connectivity index (χ4v) is 1.26. The van der Waals surface area contributed by atoms with Crippen LogP contribution in [0.15, 0.2) is 24.3 Å². The van der Waals surface area contributed by atoms with Crippen molar-refractivity contribution in [1.82, 2.24) is 20.4 Å². The standard InChI is InChI=1S/C11H13N5O/c1-16(2)11-14-12-10(13-15-11)8-4-6-9(17-3)7-5-8/h4-7H,1-3H3. The van der Waals surface area contributed by atoms with Crippen molar-refractivity contribution in [2.24, 2.45) is 0 Å². The summed E-state index contributed by atoms with van der Waals surface area (Å²) in [5, 5.41) is 16.0. The highest BCUT2D eigenvalue weighted by Crippen LogP contribution is 2.18. The number of hydrogen-bond acceptors (Lipinski definition) is 6. The summed E-state index contributed by atoms with van der Waals surface area (Å²) in [7, 11) is 5.30. The SMILES string of the molecule is COc1ccc(-c2nnc(N(C)C)nn2)cc1. The van der Waals surface area contributed by atoms with Crippen LogP contribution in [0.3, 0.4) is 0 Å². The summed E-state index contributed by atoms with van der Waals surface area (Å²) in [4.78, 5) is 1.75. The van der Waals surface area contributed by atoms with E-state index in [1.807, 2.05) is 38.4 Å². The second kappa shape index (κ2) is 4.73. The maximum absolute atomic E-state index is 5.08. The first kappa shape index (κ1) is 11.3. The zero-order chi connectivity index (χ0) is 12.3. The molecule has 0 saturated heterocycles. The van der Waals surface area contributed by atoms with Gasteiger partial charge in [0, 0.05) is 19.7 Å². The van der Waals surface area contributed by atoms with Gasteiger partial charge in [0.25, 0.3) is 5.95 Å². The van der Waals surface area contributed by atoms with Gasteiger partial charge in [0.15, 0.2) is 0 Å². The lowest BCUT2D eigenvalue weighted by molar-refractivity contribution is 0.415. The van der Waals surface area contributed by atoms with E-state index >= 15 is 0 Å². The molecule has 1 aromatic carbocycles. The van der Waals surface area contributed by atoms with Crippen molar-refractivity contribution in [1.29, 1.82) is 0 Å².